The highest BCUT2D eigenvalue weighted by molar-refractivity contribution is 7.91. The minimum absolute atomic E-state index is 0.00927. The number of sulfone groups is 1. The van der Waals surface area contributed by atoms with Gasteiger partial charge in [-0.1, -0.05) is 0 Å². The number of piperidine rings is 1. The Balaban J connectivity index is 1.88. The highest BCUT2D eigenvalue weighted by Crippen LogP contribution is 2.19. The van der Waals surface area contributed by atoms with Crippen molar-refractivity contribution in [1.82, 2.24) is 9.80 Å². The third-order valence-corrected chi connectivity index (χ3v) is 6.19. The van der Waals surface area contributed by atoms with Crippen LogP contribution in [-0.4, -0.2) is 67.9 Å². The van der Waals surface area contributed by atoms with Crippen LogP contribution in [0.5, 0.6) is 0 Å². The summed E-state index contributed by atoms with van der Waals surface area (Å²) in [5.74, 6) is 0.409. The Morgan fingerprint density at radius 2 is 2.00 bits per heavy atom. The van der Waals surface area contributed by atoms with Gasteiger partial charge in [-0.2, -0.15) is 5.26 Å². The summed E-state index contributed by atoms with van der Waals surface area (Å²) in [7, 11) is -2.97. The molecule has 6 nitrogen and oxygen atoms in total. The van der Waals surface area contributed by atoms with E-state index in [9.17, 15) is 13.2 Å². The summed E-state index contributed by atoms with van der Waals surface area (Å²) in [6, 6.07) is 2.11. The summed E-state index contributed by atoms with van der Waals surface area (Å²) < 4.78 is 23.1. The van der Waals surface area contributed by atoms with E-state index in [4.69, 9.17) is 5.26 Å². The second-order valence-corrected chi connectivity index (χ2v) is 8.14. The van der Waals surface area contributed by atoms with Gasteiger partial charge in [0.1, 0.15) is 0 Å². The van der Waals surface area contributed by atoms with Gasteiger partial charge in [-0.25, -0.2) is 8.42 Å². The molecule has 0 bridgehead atoms. The molecule has 21 heavy (non-hydrogen) atoms. The van der Waals surface area contributed by atoms with Crippen molar-refractivity contribution in [3.05, 3.63) is 0 Å². The molecule has 2 heterocycles. The predicted molar refractivity (Wildman–Crippen MR) is 79.2 cm³/mol. The normalized spacial score (nSPS) is 26.4. The highest BCUT2D eigenvalue weighted by atomic mass is 32.2. The number of likely N-dealkylation sites (N-methyl/N-ethyl adjacent to an activating group) is 1. The van der Waals surface area contributed by atoms with Crippen LogP contribution in [0, 0.1) is 17.2 Å². The number of hydrogen-bond acceptors (Lipinski definition) is 5. The van der Waals surface area contributed by atoms with E-state index in [0.717, 1.165) is 25.9 Å². The molecule has 0 radical (unpaired) electrons. The zero-order chi connectivity index (χ0) is 15.5. The lowest BCUT2D eigenvalue weighted by molar-refractivity contribution is -0.134. The third-order valence-electron chi connectivity index (χ3n) is 4.44. The summed E-state index contributed by atoms with van der Waals surface area (Å²) in [6.07, 6.45) is 2.18. The summed E-state index contributed by atoms with van der Waals surface area (Å²) in [4.78, 5) is 16.2. The topological polar surface area (TPSA) is 81.5 Å². The number of carbonyl (C=O) groups is 1. The summed E-state index contributed by atoms with van der Waals surface area (Å²) in [6.45, 7) is 4.32. The van der Waals surface area contributed by atoms with Crippen molar-refractivity contribution in [2.24, 2.45) is 5.92 Å². The molecule has 2 rings (SSSR count). The lowest BCUT2D eigenvalue weighted by Gasteiger charge is -2.32. The SMILES string of the molecule is CCN(C(=O)CN1CCC(C#N)CC1)C1CCS(=O)(=O)C1. The summed E-state index contributed by atoms with van der Waals surface area (Å²) in [5.41, 5.74) is 0. The van der Waals surface area contributed by atoms with Gasteiger partial charge in [-0.3, -0.25) is 9.69 Å². The molecule has 1 amide bonds. The number of nitrogens with zero attached hydrogens (tertiary/aromatic N) is 3. The van der Waals surface area contributed by atoms with Gasteiger partial charge in [0, 0.05) is 18.5 Å². The fraction of sp³-hybridized carbons (Fsp3) is 0.857. The van der Waals surface area contributed by atoms with Gasteiger partial charge in [0.05, 0.1) is 24.1 Å². The molecule has 1 atom stereocenters. The Kier molecular flexibility index (Phi) is 5.22. The smallest absolute Gasteiger partial charge is 0.237 e. The molecule has 0 aliphatic carbocycles. The molecule has 1 unspecified atom stereocenters. The van der Waals surface area contributed by atoms with E-state index in [1.165, 1.54) is 0 Å². The van der Waals surface area contributed by atoms with Gasteiger partial charge in [0.25, 0.3) is 0 Å². The maximum absolute atomic E-state index is 12.4. The summed E-state index contributed by atoms with van der Waals surface area (Å²) >= 11 is 0. The van der Waals surface area contributed by atoms with Crippen molar-refractivity contribution in [3.63, 3.8) is 0 Å². The third kappa shape index (κ3) is 4.17. The van der Waals surface area contributed by atoms with E-state index in [2.05, 4.69) is 11.0 Å². The molecule has 0 aromatic heterocycles. The maximum Gasteiger partial charge on any atom is 0.237 e. The Morgan fingerprint density at radius 1 is 1.33 bits per heavy atom. The molecule has 2 fully saturated rings. The Bertz CT molecular complexity index is 518. The second kappa shape index (κ2) is 6.75. The van der Waals surface area contributed by atoms with E-state index in [-0.39, 0.29) is 29.4 Å². The molecule has 0 N–H and O–H groups in total. The average molecular weight is 313 g/mol. The van der Waals surface area contributed by atoms with Crippen LogP contribution < -0.4 is 0 Å². The van der Waals surface area contributed by atoms with Crippen molar-refractivity contribution in [2.75, 3.05) is 37.7 Å². The first-order valence-corrected chi connectivity index (χ1v) is 9.39. The number of hydrogen-bond donors (Lipinski definition) is 0. The van der Waals surface area contributed by atoms with Gasteiger partial charge in [-0.15, -0.1) is 0 Å². The first-order chi connectivity index (χ1) is 9.95. The zero-order valence-electron chi connectivity index (χ0n) is 12.5. The van der Waals surface area contributed by atoms with Crippen molar-refractivity contribution in [1.29, 1.82) is 5.26 Å². The van der Waals surface area contributed by atoms with Crippen molar-refractivity contribution >= 4 is 15.7 Å². The van der Waals surface area contributed by atoms with Gasteiger partial charge < -0.3 is 4.90 Å². The largest absolute Gasteiger partial charge is 0.338 e. The molecule has 2 aliphatic heterocycles. The Labute approximate surface area is 126 Å². The molecule has 0 aromatic rings. The fourth-order valence-corrected chi connectivity index (χ4v) is 4.89. The molecule has 2 saturated heterocycles. The lowest BCUT2D eigenvalue weighted by Crippen LogP contribution is -2.47. The van der Waals surface area contributed by atoms with Crippen LogP contribution in [0.15, 0.2) is 0 Å². The molecular formula is C14H23N3O3S. The van der Waals surface area contributed by atoms with Crippen LogP contribution in [0.1, 0.15) is 26.2 Å². The van der Waals surface area contributed by atoms with E-state index in [1.807, 2.05) is 6.92 Å². The number of rotatable bonds is 4. The zero-order valence-corrected chi connectivity index (χ0v) is 13.3. The molecule has 0 saturated carbocycles. The predicted octanol–water partition coefficient (Wildman–Crippen LogP) is 0.258. The molecule has 2 aliphatic rings. The van der Waals surface area contributed by atoms with E-state index in [0.29, 0.717) is 19.5 Å². The first kappa shape index (κ1) is 16.2. The van der Waals surface area contributed by atoms with Crippen LogP contribution in [0.2, 0.25) is 0 Å². The summed E-state index contributed by atoms with van der Waals surface area (Å²) in [5, 5.41) is 8.88. The van der Waals surface area contributed by atoms with Crippen LogP contribution >= 0.6 is 0 Å². The molecule has 0 spiro atoms. The fourth-order valence-electron chi connectivity index (χ4n) is 3.16. The second-order valence-electron chi connectivity index (χ2n) is 5.92. The highest BCUT2D eigenvalue weighted by Gasteiger charge is 2.34. The van der Waals surface area contributed by atoms with Crippen molar-refractivity contribution in [3.8, 4) is 6.07 Å². The van der Waals surface area contributed by atoms with Crippen molar-refractivity contribution < 1.29 is 13.2 Å². The minimum Gasteiger partial charge on any atom is -0.338 e. The molecule has 118 valence electrons. The van der Waals surface area contributed by atoms with Crippen LogP contribution in [0.25, 0.3) is 0 Å². The van der Waals surface area contributed by atoms with Crippen LogP contribution in [0.3, 0.4) is 0 Å². The van der Waals surface area contributed by atoms with Gasteiger partial charge in [0.2, 0.25) is 5.91 Å². The minimum atomic E-state index is -2.97. The van der Waals surface area contributed by atoms with Crippen molar-refractivity contribution in [2.45, 2.75) is 32.2 Å². The van der Waals surface area contributed by atoms with Crippen LogP contribution in [0.4, 0.5) is 0 Å². The van der Waals surface area contributed by atoms with E-state index in [1.54, 1.807) is 4.90 Å². The molecular weight excluding hydrogens is 290 g/mol. The maximum atomic E-state index is 12.4. The number of carbonyl (C=O) groups excluding carboxylic acids is 1. The quantitative estimate of drug-likeness (QED) is 0.743. The van der Waals surface area contributed by atoms with Gasteiger partial charge >= 0.3 is 0 Å². The number of amides is 1. The van der Waals surface area contributed by atoms with Gasteiger partial charge in [-0.05, 0) is 39.3 Å². The Morgan fingerprint density at radius 3 is 2.48 bits per heavy atom. The van der Waals surface area contributed by atoms with Gasteiger partial charge in [0.15, 0.2) is 9.84 Å². The van der Waals surface area contributed by atoms with E-state index < -0.39 is 9.84 Å². The number of nitriles is 1. The standard InChI is InChI=1S/C14H23N3O3S/c1-2-17(13-5-8-21(19,20)11-13)14(18)10-16-6-3-12(9-15)4-7-16/h12-13H,2-8,10-11H2,1H3. The number of likely N-dealkylation sites (tertiary alicyclic amines) is 1. The molecule has 7 heteroatoms. The Hall–Kier alpha value is -1.13. The lowest BCUT2D eigenvalue weighted by atomic mass is 9.99. The first-order valence-electron chi connectivity index (χ1n) is 7.57. The average Bonchev–Trinajstić information content (AvgIpc) is 2.80. The monoisotopic (exact) mass is 313 g/mol. The van der Waals surface area contributed by atoms with Crippen LogP contribution in [-0.2, 0) is 14.6 Å². The van der Waals surface area contributed by atoms with E-state index >= 15 is 0 Å². The molecule has 0 aromatic carbocycles.